The fourth-order valence-electron chi connectivity index (χ4n) is 1.58. The van der Waals surface area contributed by atoms with Gasteiger partial charge in [-0.1, -0.05) is 25.1 Å². The third kappa shape index (κ3) is 4.14. The van der Waals surface area contributed by atoms with Crippen molar-refractivity contribution in [1.29, 1.82) is 5.26 Å². The van der Waals surface area contributed by atoms with Crippen molar-refractivity contribution in [2.24, 2.45) is 0 Å². The summed E-state index contributed by atoms with van der Waals surface area (Å²) in [7, 11) is 3.82. The Morgan fingerprint density at radius 3 is 2.68 bits per heavy atom. The normalized spacial score (nSPS) is 10.7. The Kier molecular flexibility index (Phi) is 5.62. The largest absolute Gasteiger partial charge is 0.462 e. The van der Waals surface area contributed by atoms with Gasteiger partial charge in [-0.05, 0) is 24.1 Å². The molecule has 1 aromatic carbocycles. The van der Waals surface area contributed by atoms with Crippen molar-refractivity contribution in [3.8, 4) is 6.07 Å². The van der Waals surface area contributed by atoms with Gasteiger partial charge in [0.2, 0.25) is 0 Å². The number of rotatable bonds is 5. The highest BCUT2D eigenvalue weighted by Gasteiger charge is 2.11. The van der Waals surface area contributed by atoms with Crippen molar-refractivity contribution < 1.29 is 9.53 Å². The summed E-state index contributed by atoms with van der Waals surface area (Å²) in [4.78, 5) is 13.6. The molecule has 0 aliphatic heterocycles. The molecule has 0 atom stereocenters. The van der Waals surface area contributed by atoms with Gasteiger partial charge in [-0.15, -0.1) is 0 Å². The molecule has 4 heteroatoms. The van der Waals surface area contributed by atoms with Crippen LogP contribution in [-0.2, 0) is 9.53 Å². The van der Waals surface area contributed by atoms with E-state index < -0.39 is 5.97 Å². The van der Waals surface area contributed by atoms with Gasteiger partial charge in [0, 0.05) is 19.8 Å². The van der Waals surface area contributed by atoms with E-state index in [-0.39, 0.29) is 5.57 Å². The van der Waals surface area contributed by atoms with Crippen LogP contribution in [0.3, 0.4) is 0 Å². The van der Waals surface area contributed by atoms with E-state index in [1.165, 1.54) is 0 Å². The zero-order chi connectivity index (χ0) is 14.3. The number of carbonyl (C=O) groups is 1. The van der Waals surface area contributed by atoms with Gasteiger partial charge in [0.25, 0.3) is 0 Å². The van der Waals surface area contributed by atoms with Crippen LogP contribution < -0.4 is 4.90 Å². The first-order chi connectivity index (χ1) is 9.10. The zero-order valence-corrected chi connectivity index (χ0v) is 11.5. The van der Waals surface area contributed by atoms with Crippen LogP contribution in [0.15, 0.2) is 29.8 Å². The molecular weight excluding hydrogens is 240 g/mol. The maximum Gasteiger partial charge on any atom is 0.348 e. The second kappa shape index (κ2) is 7.22. The lowest BCUT2D eigenvalue weighted by atomic mass is 10.1. The zero-order valence-electron chi connectivity index (χ0n) is 11.5. The highest BCUT2D eigenvalue weighted by molar-refractivity contribution is 5.98. The summed E-state index contributed by atoms with van der Waals surface area (Å²) in [5.41, 5.74) is 1.78. The number of nitriles is 1. The van der Waals surface area contributed by atoms with Gasteiger partial charge in [0.1, 0.15) is 11.6 Å². The lowest BCUT2D eigenvalue weighted by molar-refractivity contribution is -0.138. The van der Waals surface area contributed by atoms with Gasteiger partial charge in [-0.2, -0.15) is 5.26 Å². The Morgan fingerprint density at radius 2 is 2.11 bits per heavy atom. The molecule has 0 amide bonds. The maximum atomic E-state index is 11.7. The van der Waals surface area contributed by atoms with E-state index in [0.717, 1.165) is 17.7 Å². The Hall–Kier alpha value is -2.28. The van der Waals surface area contributed by atoms with Gasteiger partial charge in [-0.3, -0.25) is 0 Å². The molecule has 0 aliphatic rings. The number of ether oxygens (including phenoxy) is 1. The first-order valence-electron chi connectivity index (χ1n) is 6.15. The van der Waals surface area contributed by atoms with Crippen molar-refractivity contribution in [2.45, 2.75) is 13.3 Å². The molecule has 0 aromatic heterocycles. The number of benzene rings is 1. The summed E-state index contributed by atoms with van der Waals surface area (Å²) in [6, 6.07) is 9.46. The van der Waals surface area contributed by atoms with Crippen molar-refractivity contribution in [3.05, 3.63) is 35.4 Å². The smallest absolute Gasteiger partial charge is 0.348 e. The van der Waals surface area contributed by atoms with Crippen LogP contribution in [0.5, 0.6) is 0 Å². The molecule has 0 aliphatic carbocycles. The van der Waals surface area contributed by atoms with Crippen molar-refractivity contribution in [1.82, 2.24) is 0 Å². The fourth-order valence-corrected chi connectivity index (χ4v) is 1.58. The number of para-hydroxylation sites is 1. The van der Waals surface area contributed by atoms with Crippen molar-refractivity contribution in [2.75, 3.05) is 25.6 Å². The van der Waals surface area contributed by atoms with Gasteiger partial charge in [0.05, 0.1) is 6.61 Å². The summed E-state index contributed by atoms with van der Waals surface area (Å²) < 4.78 is 4.97. The van der Waals surface area contributed by atoms with Crippen molar-refractivity contribution >= 4 is 17.7 Å². The van der Waals surface area contributed by atoms with Gasteiger partial charge < -0.3 is 9.64 Å². The molecule has 0 N–H and O–H groups in total. The lowest BCUT2D eigenvalue weighted by Gasteiger charge is -2.15. The van der Waals surface area contributed by atoms with Gasteiger partial charge >= 0.3 is 5.97 Å². The topological polar surface area (TPSA) is 53.3 Å². The quantitative estimate of drug-likeness (QED) is 0.463. The lowest BCUT2D eigenvalue weighted by Crippen LogP contribution is -2.11. The summed E-state index contributed by atoms with van der Waals surface area (Å²) in [5, 5.41) is 9.05. The van der Waals surface area contributed by atoms with Crippen LogP contribution in [0.4, 0.5) is 5.69 Å². The number of anilines is 1. The molecule has 0 radical (unpaired) electrons. The first kappa shape index (κ1) is 14.8. The van der Waals surface area contributed by atoms with Gasteiger partial charge in [0.15, 0.2) is 0 Å². The Morgan fingerprint density at radius 1 is 1.42 bits per heavy atom. The van der Waals surface area contributed by atoms with E-state index in [1.807, 2.05) is 56.3 Å². The number of hydrogen-bond acceptors (Lipinski definition) is 4. The van der Waals surface area contributed by atoms with Crippen LogP contribution in [0.2, 0.25) is 0 Å². The molecule has 0 spiro atoms. The maximum absolute atomic E-state index is 11.7. The van der Waals surface area contributed by atoms with Crippen molar-refractivity contribution in [3.63, 3.8) is 0 Å². The van der Waals surface area contributed by atoms with Crippen LogP contribution >= 0.6 is 0 Å². The standard InChI is InChI=1S/C15H18N2O2/c1-4-9-19-15(18)13(11-16)10-12-7-5-6-8-14(12)17(2)3/h5-8,10H,4,9H2,1-3H3. The average Bonchev–Trinajstić information content (AvgIpc) is 2.42. The number of nitrogens with zero attached hydrogens (tertiary/aromatic N) is 2. The van der Waals surface area contributed by atoms with E-state index in [9.17, 15) is 4.79 Å². The Labute approximate surface area is 113 Å². The van der Waals surface area contributed by atoms with Gasteiger partial charge in [-0.25, -0.2) is 4.79 Å². The molecule has 0 bridgehead atoms. The highest BCUT2D eigenvalue weighted by Crippen LogP contribution is 2.21. The molecule has 1 aromatic rings. The summed E-state index contributed by atoms with van der Waals surface area (Å²) in [6.45, 7) is 2.23. The minimum absolute atomic E-state index is 0.0164. The second-order valence-corrected chi connectivity index (χ2v) is 4.26. The molecule has 4 nitrogen and oxygen atoms in total. The Balaban J connectivity index is 3.05. The summed E-state index contributed by atoms with van der Waals surface area (Å²) in [5.74, 6) is -0.571. The predicted molar refractivity (Wildman–Crippen MR) is 75.6 cm³/mol. The number of hydrogen-bond donors (Lipinski definition) is 0. The molecule has 0 unspecified atom stereocenters. The summed E-state index contributed by atoms with van der Waals surface area (Å²) in [6.07, 6.45) is 2.30. The van der Waals surface area contributed by atoms with E-state index in [0.29, 0.717) is 6.61 Å². The summed E-state index contributed by atoms with van der Waals surface area (Å²) >= 11 is 0. The van der Waals surface area contributed by atoms with Crippen LogP contribution in [0.25, 0.3) is 6.08 Å². The van der Waals surface area contributed by atoms with Crippen LogP contribution in [0.1, 0.15) is 18.9 Å². The molecule has 0 fully saturated rings. The predicted octanol–water partition coefficient (Wildman–Crippen LogP) is 2.61. The molecule has 1 rings (SSSR count). The van der Waals surface area contributed by atoms with E-state index in [1.54, 1.807) is 6.08 Å². The third-order valence-corrected chi connectivity index (χ3v) is 2.50. The Bertz CT molecular complexity index is 513. The number of esters is 1. The average molecular weight is 258 g/mol. The monoisotopic (exact) mass is 258 g/mol. The minimum Gasteiger partial charge on any atom is -0.462 e. The third-order valence-electron chi connectivity index (χ3n) is 2.50. The van der Waals surface area contributed by atoms with E-state index in [2.05, 4.69) is 0 Å². The van der Waals surface area contributed by atoms with Crippen LogP contribution in [-0.4, -0.2) is 26.7 Å². The molecule has 0 saturated carbocycles. The SMILES string of the molecule is CCCOC(=O)C(C#N)=Cc1ccccc1N(C)C. The molecule has 19 heavy (non-hydrogen) atoms. The molecular formula is C15H18N2O2. The van der Waals surface area contributed by atoms with E-state index in [4.69, 9.17) is 10.00 Å². The molecule has 0 heterocycles. The van der Waals surface area contributed by atoms with E-state index >= 15 is 0 Å². The minimum atomic E-state index is -0.571. The first-order valence-corrected chi connectivity index (χ1v) is 6.15. The number of carbonyl (C=O) groups excluding carboxylic acids is 1. The second-order valence-electron chi connectivity index (χ2n) is 4.26. The molecule has 100 valence electrons. The fraction of sp³-hybridized carbons (Fsp3) is 0.333. The highest BCUT2D eigenvalue weighted by atomic mass is 16.5. The molecule has 0 saturated heterocycles. The van der Waals surface area contributed by atoms with Crippen LogP contribution in [0, 0.1) is 11.3 Å².